The number of hydrogen-bond acceptors (Lipinski definition) is 3. The molecule has 1 aromatic rings. The van der Waals surface area contributed by atoms with Crippen molar-refractivity contribution in [1.29, 1.82) is 0 Å². The molecule has 4 N–H and O–H groups in total. The van der Waals surface area contributed by atoms with Crippen molar-refractivity contribution < 1.29 is 9.90 Å². The number of nitrogens with two attached hydrogens (primary N) is 1. The van der Waals surface area contributed by atoms with Gasteiger partial charge in [-0.25, -0.2) is 0 Å². The second-order valence-electron chi connectivity index (χ2n) is 3.88. The molecule has 0 aliphatic rings. The van der Waals surface area contributed by atoms with Crippen molar-refractivity contribution in [2.45, 2.75) is 25.5 Å². The van der Waals surface area contributed by atoms with Crippen molar-refractivity contribution >= 4 is 18.3 Å². The fourth-order valence-corrected chi connectivity index (χ4v) is 1.34. The van der Waals surface area contributed by atoms with E-state index in [0.29, 0.717) is 6.42 Å². The smallest absolute Gasteiger partial charge is 0.236 e. The molecule has 0 saturated heterocycles. The predicted molar refractivity (Wildman–Crippen MR) is 70.1 cm³/mol. The number of amides is 1. The van der Waals surface area contributed by atoms with Gasteiger partial charge in [0.2, 0.25) is 5.91 Å². The first-order chi connectivity index (χ1) is 7.59. The van der Waals surface area contributed by atoms with Gasteiger partial charge in [0.1, 0.15) is 0 Å². The van der Waals surface area contributed by atoms with Crippen LogP contribution in [0.15, 0.2) is 30.3 Å². The van der Waals surface area contributed by atoms with E-state index in [-0.39, 0.29) is 24.9 Å². The lowest BCUT2D eigenvalue weighted by atomic mass is 10.1. The SMILES string of the molecule is C[C@H](N)C(=O)NCC(O)Cc1ccccc1.Cl. The molecule has 0 bridgehead atoms. The standard InChI is InChI=1S/C12H18N2O2.ClH/c1-9(13)12(16)14-8-11(15)7-10-5-3-2-4-6-10;/h2-6,9,11,15H,7-8,13H2,1H3,(H,14,16);1H/t9-,11?;/m0./s1. The van der Waals surface area contributed by atoms with Gasteiger partial charge in [0.25, 0.3) is 0 Å². The van der Waals surface area contributed by atoms with Crippen LogP contribution in [0.25, 0.3) is 0 Å². The normalized spacial score (nSPS) is 13.4. The Kier molecular flexibility index (Phi) is 7.54. The summed E-state index contributed by atoms with van der Waals surface area (Å²) in [6.07, 6.45) is -0.0508. The average Bonchev–Trinajstić information content (AvgIpc) is 2.27. The first-order valence-electron chi connectivity index (χ1n) is 5.35. The Morgan fingerprint density at radius 1 is 1.41 bits per heavy atom. The highest BCUT2D eigenvalue weighted by Gasteiger charge is 2.10. The Labute approximate surface area is 108 Å². The van der Waals surface area contributed by atoms with Gasteiger partial charge in [-0.2, -0.15) is 0 Å². The number of halogens is 1. The third-order valence-electron chi connectivity index (χ3n) is 2.24. The fourth-order valence-electron chi connectivity index (χ4n) is 1.34. The molecule has 0 aliphatic carbocycles. The van der Waals surface area contributed by atoms with E-state index in [0.717, 1.165) is 5.56 Å². The molecule has 2 atom stereocenters. The molecule has 1 rings (SSSR count). The Balaban J connectivity index is 0.00000256. The van der Waals surface area contributed by atoms with Gasteiger partial charge in [0.05, 0.1) is 12.1 Å². The molecule has 0 spiro atoms. The second-order valence-corrected chi connectivity index (χ2v) is 3.88. The minimum atomic E-state index is -0.579. The third-order valence-corrected chi connectivity index (χ3v) is 2.24. The summed E-state index contributed by atoms with van der Waals surface area (Å²) in [4.78, 5) is 11.2. The molecule has 0 fully saturated rings. The summed E-state index contributed by atoms with van der Waals surface area (Å²) >= 11 is 0. The lowest BCUT2D eigenvalue weighted by Crippen LogP contribution is -2.42. The van der Waals surface area contributed by atoms with Crippen LogP contribution in [0.3, 0.4) is 0 Å². The van der Waals surface area contributed by atoms with Crippen LogP contribution in [-0.4, -0.2) is 29.7 Å². The first kappa shape index (κ1) is 15.9. The molecule has 1 unspecified atom stereocenters. The van der Waals surface area contributed by atoms with Crippen LogP contribution in [0.5, 0.6) is 0 Å². The molecule has 0 radical (unpaired) electrons. The van der Waals surface area contributed by atoms with Crippen molar-refractivity contribution in [2.24, 2.45) is 5.73 Å². The quantitative estimate of drug-likeness (QED) is 0.719. The molecule has 1 amide bonds. The van der Waals surface area contributed by atoms with Gasteiger partial charge < -0.3 is 16.2 Å². The monoisotopic (exact) mass is 258 g/mol. The summed E-state index contributed by atoms with van der Waals surface area (Å²) in [6, 6.07) is 9.11. The summed E-state index contributed by atoms with van der Waals surface area (Å²) in [5.41, 5.74) is 6.43. The molecule has 4 nitrogen and oxygen atoms in total. The van der Waals surface area contributed by atoms with E-state index in [1.165, 1.54) is 0 Å². The van der Waals surface area contributed by atoms with Crippen LogP contribution in [-0.2, 0) is 11.2 Å². The van der Waals surface area contributed by atoms with Crippen molar-refractivity contribution in [3.8, 4) is 0 Å². The number of aliphatic hydroxyl groups excluding tert-OH is 1. The number of aliphatic hydroxyl groups is 1. The van der Waals surface area contributed by atoms with Gasteiger partial charge in [-0.1, -0.05) is 30.3 Å². The molecular weight excluding hydrogens is 240 g/mol. The maximum absolute atomic E-state index is 11.2. The van der Waals surface area contributed by atoms with E-state index >= 15 is 0 Å². The number of hydrogen-bond donors (Lipinski definition) is 3. The zero-order valence-electron chi connectivity index (χ0n) is 9.80. The molecule has 17 heavy (non-hydrogen) atoms. The fraction of sp³-hybridized carbons (Fsp3) is 0.417. The molecular formula is C12H19ClN2O2. The van der Waals surface area contributed by atoms with Crippen LogP contribution in [0.1, 0.15) is 12.5 Å². The summed E-state index contributed by atoms with van der Waals surface area (Å²) in [6.45, 7) is 1.84. The van der Waals surface area contributed by atoms with E-state index in [9.17, 15) is 9.90 Å². The minimum absolute atomic E-state index is 0. The summed E-state index contributed by atoms with van der Waals surface area (Å²) in [7, 11) is 0. The van der Waals surface area contributed by atoms with Crippen molar-refractivity contribution in [1.82, 2.24) is 5.32 Å². The Bertz CT molecular complexity index is 331. The lowest BCUT2D eigenvalue weighted by Gasteiger charge is -2.13. The van der Waals surface area contributed by atoms with Crippen LogP contribution in [0, 0.1) is 0 Å². The average molecular weight is 259 g/mol. The second kappa shape index (κ2) is 8.06. The number of carbonyl (C=O) groups is 1. The molecule has 1 aromatic carbocycles. The number of carbonyl (C=O) groups excluding carboxylic acids is 1. The Hall–Kier alpha value is -1.10. The number of benzene rings is 1. The molecule has 0 aromatic heterocycles. The summed E-state index contributed by atoms with van der Waals surface area (Å²) in [5.74, 6) is -0.243. The molecule has 0 saturated carbocycles. The Morgan fingerprint density at radius 3 is 2.53 bits per heavy atom. The first-order valence-corrected chi connectivity index (χ1v) is 5.35. The van der Waals surface area contributed by atoms with E-state index in [1.54, 1.807) is 6.92 Å². The van der Waals surface area contributed by atoms with Gasteiger partial charge in [0, 0.05) is 13.0 Å². The van der Waals surface area contributed by atoms with Crippen molar-refractivity contribution in [2.75, 3.05) is 6.54 Å². The van der Waals surface area contributed by atoms with E-state index in [2.05, 4.69) is 5.32 Å². The van der Waals surface area contributed by atoms with E-state index in [4.69, 9.17) is 5.73 Å². The van der Waals surface area contributed by atoms with Gasteiger partial charge in [-0.15, -0.1) is 12.4 Å². The van der Waals surface area contributed by atoms with E-state index in [1.807, 2.05) is 30.3 Å². The highest BCUT2D eigenvalue weighted by Crippen LogP contribution is 2.02. The maximum Gasteiger partial charge on any atom is 0.236 e. The van der Waals surface area contributed by atoms with Gasteiger partial charge >= 0.3 is 0 Å². The van der Waals surface area contributed by atoms with Crippen LogP contribution >= 0.6 is 12.4 Å². The Morgan fingerprint density at radius 2 is 2.00 bits per heavy atom. The van der Waals surface area contributed by atoms with Crippen molar-refractivity contribution in [3.05, 3.63) is 35.9 Å². The zero-order chi connectivity index (χ0) is 12.0. The highest BCUT2D eigenvalue weighted by atomic mass is 35.5. The van der Waals surface area contributed by atoms with Crippen LogP contribution in [0.2, 0.25) is 0 Å². The van der Waals surface area contributed by atoms with Crippen LogP contribution in [0.4, 0.5) is 0 Å². The lowest BCUT2D eigenvalue weighted by molar-refractivity contribution is -0.122. The largest absolute Gasteiger partial charge is 0.391 e. The van der Waals surface area contributed by atoms with Gasteiger partial charge in [-0.3, -0.25) is 4.79 Å². The number of nitrogens with one attached hydrogen (secondary N) is 1. The molecule has 0 heterocycles. The third kappa shape index (κ3) is 6.26. The predicted octanol–water partition coefficient (Wildman–Crippen LogP) is 0.475. The molecule has 96 valence electrons. The highest BCUT2D eigenvalue weighted by molar-refractivity contribution is 5.85. The minimum Gasteiger partial charge on any atom is -0.391 e. The summed E-state index contributed by atoms with van der Waals surface area (Å²) in [5, 5.41) is 12.3. The van der Waals surface area contributed by atoms with E-state index < -0.39 is 12.1 Å². The molecule has 0 aliphatic heterocycles. The zero-order valence-corrected chi connectivity index (χ0v) is 10.6. The number of rotatable bonds is 5. The van der Waals surface area contributed by atoms with Crippen molar-refractivity contribution in [3.63, 3.8) is 0 Å². The van der Waals surface area contributed by atoms with Gasteiger partial charge in [0.15, 0.2) is 0 Å². The van der Waals surface area contributed by atoms with Gasteiger partial charge in [-0.05, 0) is 12.5 Å². The van der Waals surface area contributed by atoms with Crippen LogP contribution < -0.4 is 11.1 Å². The molecule has 5 heteroatoms. The summed E-state index contributed by atoms with van der Waals surface area (Å²) < 4.78 is 0. The maximum atomic E-state index is 11.2. The topological polar surface area (TPSA) is 75.4 Å².